The average Bonchev–Trinajstić information content (AvgIpc) is 2.45. The maximum atomic E-state index is 12.2. The van der Waals surface area contributed by atoms with Gasteiger partial charge in [-0.25, -0.2) is 4.79 Å². The largest absolute Gasteiger partial charge is 0.497 e. The van der Waals surface area contributed by atoms with Gasteiger partial charge in [-0.2, -0.15) is 0 Å². The fourth-order valence-corrected chi connectivity index (χ4v) is 2.26. The molecule has 0 heterocycles. The Morgan fingerprint density at radius 3 is 2.63 bits per heavy atom. The predicted molar refractivity (Wildman–Crippen MR) is 66.2 cm³/mol. The van der Waals surface area contributed by atoms with Gasteiger partial charge >= 0.3 is 5.97 Å². The summed E-state index contributed by atoms with van der Waals surface area (Å²) < 4.78 is 9.47. The number of carbonyl (C=O) groups is 3. The number of Topliss-reactive ketones (excluding diaryl/α,β-unsaturated/α-hetero) is 2. The molecule has 1 aromatic rings. The van der Waals surface area contributed by atoms with Crippen LogP contribution in [0.4, 0.5) is 0 Å². The number of carbonyl (C=O) groups excluding carboxylic acids is 3. The van der Waals surface area contributed by atoms with Crippen LogP contribution in [0.5, 0.6) is 5.75 Å². The van der Waals surface area contributed by atoms with E-state index in [0.717, 1.165) is 12.7 Å². The maximum absolute atomic E-state index is 12.2. The number of ketones is 2. The molecule has 0 unspecified atom stereocenters. The van der Waals surface area contributed by atoms with Gasteiger partial charge in [0.2, 0.25) is 0 Å². The average molecular weight is 262 g/mol. The molecule has 2 rings (SSSR count). The van der Waals surface area contributed by atoms with Gasteiger partial charge in [-0.1, -0.05) is 0 Å². The highest BCUT2D eigenvalue weighted by Gasteiger charge is 2.36. The van der Waals surface area contributed by atoms with Crippen molar-refractivity contribution in [1.29, 1.82) is 0 Å². The number of hydrogen-bond acceptors (Lipinski definition) is 5. The molecule has 19 heavy (non-hydrogen) atoms. The highest BCUT2D eigenvalue weighted by atomic mass is 16.5. The summed E-state index contributed by atoms with van der Waals surface area (Å²) in [4.78, 5) is 35.2. The van der Waals surface area contributed by atoms with E-state index in [1.165, 1.54) is 0 Å². The number of ether oxygens (including phenoxy) is 2. The summed E-state index contributed by atoms with van der Waals surface area (Å²) in [5.41, 5.74) is 1.33. The number of methoxy groups -OCH3 is 2. The van der Waals surface area contributed by atoms with E-state index in [4.69, 9.17) is 4.74 Å². The summed E-state index contributed by atoms with van der Waals surface area (Å²) in [7, 11) is 2.68. The minimum Gasteiger partial charge on any atom is -0.497 e. The van der Waals surface area contributed by atoms with E-state index in [9.17, 15) is 14.4 Å². The molecule has 0 aliphatic heterocycles. The van der Waals surface area contributed by atoms with Gasteiger partial charge in [-0.15, -0.1) is 0 Å². The molecule has 0 spiro atoms. The Labute approximate surface area is 110 Å². The molecule has 0 saturated heterocycles. The molecular weight excluding hydrogens is 248 g/mol. The fourth-order valence-electron chi connectivity index (χ4n) is 2.26. The lowest BCUT2D eigenvalue weighted by Crippen LogP contribution is -2.34. The van der Waals surface area contributed by atoms with Crippen molar-refractivity contribution in [2.24, 2.45) is 5.92 Å². The molecule has 0 saturated carbocycles. The molecule has 1 aliphatic carbocycles. The molecule has 100 valence electrons. The molecule has 0 aromatic heterocycles. The standard InChI is InChI=1S/C14H14O5/c1-18-9-4-6-10-8(7-9)3-5-11(12(10)15)13(16)14(17)19-2/h4,6-7,11H,3,5H2,1-2H3/t11-/m1/s1. The first-order chi connectivity index (χ1) is 9.08. The SMILES string of the molecule is COC(=O)C(=O)[C@@H]1CCc2cc(OC)ccc2C1=O. The molecule has 5 heteroatoms. The zero-order valence-corrected chi connectivity index (χ0v) is 10.8. The van der Waals surface area contributed by atoms with Crippen LogP contribution in [0.1, 0.15) is 22.3 Å². The summed E-state index contributed by atoms with van der Waals surface area (Å²) in [6.45, 7) is 0. The fraction of sp³-hybridized carbons (Fsp3) is 0.357. The minimum atomic E-state index is -0.963. The van der Waals surface area contributed by atoms with E-state index in [2.05, 4.69) is 4.74 Å². The topological polar surface area (TPSA) is 69.7 Å². The Kier molecular flexibility index (Phi) is 3.64. The van der Waals surface area contributed by atoms with E-state index in [-0.39, 0.29) is 5.78 Å². The van der Waals surface area contributed by atoms with Crippen molar-refractivity contribution in [2.45, 2.75) is 12.8 Å². The number of aryl methyl sites for hydroxylation is 1. The van der Waals surface area contributed by atoms with Crippen LogP contribution < -0.4 is 4.74 Å². The second-order valence-electron chi connectivity index (χ2n) is 4.33. The number of esters is 1. The Balaban J connectivity index is 2.30. The molecule has 0 amide bonds. The van der Waals surface area contributed by atoms with E-state index < -0.39 is 17.7 Å². The quantitative estimate of drug-likeness (QED) is 0.465. The van der Waals surface area contributed by atoms with E-state index in [0.29, 0.717) is 24.2 Å². The molecule has 1 aliphatic rings. The number of benzene rings is 1. The smallest absolute Gasteiger partial charge is 0.375 e. The third-order valence-corrected chi connectivity index (χ3v) is 3.30. The van der Waals surface area contributed by atoms with Gasteiger partial charge in [0, 0.05) is 5.56 Å². The lowest BCUT2D eigenvalue weighted by molar-refractivity contribution is -0.153. The summed E-state index contributed by atoms with van der Waals surface area (Å²) in [5.74, 6) is -2.30. The molecule has 0 bridgehead atoms. The first-order valence-corrected chi connectivity index (χ1v) is 5.91. The van der Waals surface area contributed by atoms with Crippen molar-refractivity contribution in [3.8, 4) is 5.75 Å². The van der Waals surface area contributed by atoms with Crippen LogP contribution in [0.15, 0.2) is 18.2 Å². The molecule has 0 N–H and O–H groups in total. The van der Waals surface area contributed by atoms with Gasteiger partial charge in [-0.05, 0) is 36.6 Å². The first-order valence-electron chi connectivity index (χ1n) is 5.91. The maximum Gasteiger partial charge on any atom is 0.375 e. The second kappa shape index (κ2) is 5.22. The van der Waals surface area contributed by atoms with Gasteiger partial charge < -0.3 is 9.47 Å². The Morgan fingerprint density at radius 1 is 1.26 bits per heavy atom. The van der Waals surface area contributed by atoms with Gasteiger partial charge in [-0.3, -0.25) is 9.59 Å². The molecular formula is C14H14O5. The third kappa shape index (κ3) is 2.36. The summed E-state index contributed by atoms with van der Waals surface area (Å²) in [5, 5.41) is 0. The van der Waals surface area contributed by atoms with Crippen molar-refractivity contribution < 1.29 is 23.9 Å². The van der Waals surface area contributed by atoms with Crippen LogP contribution in [0, 0.1) is 5.92 Å². The molecule has 5 nitrogen and oxygen atoms in total. The van der Waals surface area contributed by atoms with E-state index >= 15 is 0 Å². The summed E-state index contributed by atoms with van der Waals surface area (Å²) in [6.07, 6.45) is 0.888. The number of rotatable bonds is 3. The van der Waals surface area contributed by atoms with Crippen molar-refractivity contribution in [1.82, 2.24) is 0 Å². The van der Waals surface area contributed by atoms with Gasteiger partial charge in [0.15, 0.2) is 5.78 Å². The van der Waals surface area contributed by atoms with Crippen molar-refractivity contribution in [3.63, 3.8) is 0 Å². The zero-order chi connectivity index (χ0) is 14.0. The summed E-state index contributed by atoms with van der Waals surface area (Å²) in [6, 6.07) is 5.08. The Hall–Kier alpha value is -2.17. The van der Waals surface area contributed by atoms with Gasteiger partial charge in [0.1, 0.15) is 5.75 Å². The van der Waals surface area contributed by atoms with Crippen LogP contribution >= 0.6 is 0 Å². The normalized spacial score (nSPS) is 17.6. The molecule has 0 radical (unpaired) electrons. The van der Waals surface area contributed by atoms with Crippen molar-refractivity contribution in [2.75, 3.05) is 14.2 Å². The highest BCUT2D eigenvalue weighted by molar-refractivity contribution is 6.39. The number of fused-ring (bicyclic) bond motifs is 1. The van der Waals surface area contributed by atoms with Crippen LogP contribution in [0.25, 0.3) is 0 Å². The van der Waals surface area contributed by atoms with E-state index in [1.54, 1.807) is 25.3 Å². The number of hydrogen-bond donors (Lipinski definition) is 0. The van der Waals surface area contributed by atoms with Crippen LogP contribution in [0.3, 0.4) is 0 Å². The van der Waals surface area contributed by atoms with Crippen LogP contribution in [-0.2, 0) is 20.7 Å². The van der Waals surface area contributed by atoms with Gasteiger partial charge in [0.05, 0.1) is 20.1 Å². The zero-order valence-electron chi connectivity index (χ0n) is 10.8. The first kappa shape index (κ1) is 13.3. The van der Waals surface area contributed by atoms with Crippen LogP contribution in [-0.4, -0.2) is 31.8 Å². The van der Waals surface area contributed by atoms with Crippen molar-refractivity contribution >= 4 is 17.5 Å². The lowest BCUT2D eigenvalue weighted by atomic mass is 9.80. The highest BCUT2D eigenvalue weighted by Crippen LogP contribution is 2.29. The van der Waals surface area contributed by atoms with E-state index in [1.807, 2.05) is 0 Å². The monoisotopic (exact) mass is 262 g/mol. The Morgan fingerprint density at radius 2 is 2.00 bits per heavy atom. The summed E-state index contributed by atoms with van der Waals surface area (Å²) >= 11 is 0. The van der Waals surface area contributed by atoms with Crippen LogP contribution in [0.2, 0.25) is 0 Å². The van der Waals surface area contributed by atoms with Crippen molar-refractivity contribution in [3.05, 3.63) is 29.3 Å². The van der Waals surface area contributed by atoms with Gasteiger partial charge in [0.25, 0.3) is 5.78 Å². The minimum absolute atomic E-state index is 0.320. The predicted octanol–water partition coefficient (Wildman–Crippen LogP) is 1.18. The molecule has 1 aromatic carbocycles. The Bertz CT molecular complexity index is 547. The third-order valence-electron chi connectivity index (χ3n) is 3.30. The molecule has 1 atom stereocenters. The lowest BCUT2D eigenvalue weighted by Gasteiger charge is -2.21. The second-order valence-corrected chi connectivity index (χ2v) is 4.33. The molecule has 0 fully saturated rings.